The summed E-state index contributed by atoms with van der Waals surface area (Å²) in [4.78, 5) is 14.2. The van der Waals surface area contributed by atoms with Crippen LogP contribution in [0.25, 0.3) is 0 Å². The molecule has 5 nitrogen and oxygen atoms in total. The fourth-order valence-corrected chi connectivity index (χ4v) is 3.12. The number of aliphatic hydroxyl groups is 1. The lowest BCUT2D eigenvalue weighted by Gasteiger charge is -2.34. The summed E-state index contributed by atoms with van der Waals surface area (Å²) in [5.41, 5.74) is 0.622. The average Bonchev–Trinajstić information content (AvgIpc) is 2.57. The summed E-state index contributed by atoms with van der Waals surface area (Å²) in [6, 6.07) is 5.24. The van der Waals surface area contributed by atoms with E-state index in [-0.39, 0.29) is 18.7 Å². The Kier molecular flexibility index (Phi) is 6.54. The Balaban J connectivity index is 1.98. The standard InChI is InChI=1S/C17H25ClN2O3/c1-3-23-16-10-13(18)6-9-15(16)19-17(22)20(2)14-7-4-12(11-21)5-8-14/h6,9-10,12,14,21H,3-5,7-8,11H2,1-2H3,(H,19,22). The van der Waals surface area contributed by atoms with E-state index in [1.807, 2.05) is 14.0 Å². The van der Waals surface area contributed by atoms with E-state index >= 15 is 0 Å². The molecule has 2 N–H and O–H groups in total. The van der Waals surface area contributed by atoms with Crippen LogP contribution in [0.15, 0.2) is 18.2 Å². The maximum atomic E-state index is 12.5. The molecule has 1 aliphatic rings. The van der Waals surface area contributed by atoms with E-state index in [2.05, 4.69) is 5.32 Å². The molecule has 1 aromatic rings. The highest BCUT2D eigenvalue weighted by atomic mass is 35.5. The highest BCUT2D eigenvalue weighted by molar-refractivity contribution is 6.30. The van der Waals surface area contributed by atoms with Crippen LogP contribution in [-0.4, -0.2) is 42.3 Å². The third-order valence-electron chi connectivity index (χ3n) is 4.43. The topological polar surface area (TPSA) is 61.8 Å². The maximum absolute atomic E-state index is 12.5. The summed E-state index contributed by atoms with van der Waals surface area (Å²) >= 11 is 5.98. The first kappa shape index (κ1) is 17.9. The average molecular weight is 341 g/mol. The van der Waals surface area contributed by atoms with Gasteiger partial charge in [0.2, 0.25) is 0 Å². The molecule has 2 amide bonds. The molecule has 1 aromatic carbocycles. The van der Waals surface area contributed by atoms with E-state index in [4.69, 9.17) is 16.3 Å². The molecule has 0 spiro atoms. The number of nitrogens with one attached hydrogen (secondary N) is 1. The van der Waals surface area contributed by atoms with E-state index < -0.39 is 0 Å². The van der Waals surface area contributed by atoms with Crippen molar-refractivity contribution in [1.29, 1.82) is 0 Å². The van der Waals surface area contributed by atoms with Crippen molar-refractivity contribution in [2.45, 2.75) is 38.6 Å². The zero-order valence-electron chi connectivity index (χ0n) is 13.7. The van der Waals surface area contributed by atoms with Gasteiger partial charge < -0.3 is 20.1 Å². The minimum absolute atomic E-state index is 0.152. The lowest BCUT2D eigenvalue weighted by atomic mass is 9.86. The van der Waals surface area contributed by atoms with Gasteiger partial charge in [0.1, 0.15) is 5.75 Å². The van der Waals surface area contributed by atoms with Gasteiger partial charge in [-0.05, 0) is 50.7 Å². The molecule has 0 aliphatic heterocycles. The van der Waals surface area contributed by atoms with Gasteiger partial charge in [0.15, 0.2) is 0 Å². The summed E-state index contributed by atoms with van der Waals surface area (Å²) in [5.74, 6) is 0.953. The summed E-state index contributed by atoms with van der Waals surface area (Å²) in [6.07, 6.45) is 3.77. The number of urea groups is 1. The molecule has 0 heterocycles. The predicted molar refractivity (Wildman–Crippen MR) is 92.2 cm³/mol. The van der Waals surface area contributed by atoms with Gasteiger partial charge in [0.25, 0.3) is 0 Å². The second-order valence-corrected chi connectivity index (χ2v) is 6.41. The van der Waals surface area contributed by atoms with Crippen molar-refractivity contribution in [1.82, 2.24) is 4.90 Å². The van der Waals surface area contributed by atoms with E-state index in [9.17, 15) is 9.90 Å². The Labute approximate surface area is 142 Å². The largest absolute Gasteiger partial charge is 0.492 e. The lowest BCUT2D eigenvalue weighted by Crippen LogP contribution is -2.42. The van der Waals surface area contributed by atoms with Gasteiger partial charge >= 0.3 is 6.03 Å². The Morgan fingerprint density at radius 3 is 2.70 bits per heavy atom. The number of nitrogens with zero attached hydrogens (tertiary/aromatic N) is 1. The number of rotatable bonds is 5. The Bertz CT molecular complexity index is 531. The summed E-state index contributed by atoms with van der Waals surface area (Å²) in [6.45, 7) is 2.63. The van der Waals surface area contributed by atoms with Crippen LogP contribution in [0.1, 0.15) is 32.6 Å². The van der Waals surface area contributed by atoms with Crippen molar-refractivity contribution in [3.8, 4) is 5.75 Å². The fourth-order valence-electron chi connectivity index (χ4n) is 2.96. The number of amides is 2. The summed E-state index contributed by atoms with van der Waals surface area (Å²) in [7, 11) is 1.82. The molecule has 128 valence electrons. The number of carbonyl (C=O) groups excluding carboxylic acids is 1. The van der Waals surface area contributed by atoms with Crippen LogP contribution in [0.4, 0.5) is 10.5 Å². The number of ether oxygens (including phenoxy) is 1. The van der Waals surface area contributed by atoms with Crippen LogP contribution in [0.2, 0.25) is 5.02 Å². The van der Waals surface area contributed by atoms with Crippen molar-refractivity contribution < 1.29 is 14.6 Å². The molecule has 6 heteroatoms. The number of carbonyl (C=O) groups is 1. The van der Waals surface area contributed by atoms with Crippen LogP contribution in [0.3, 0.4) is 0 Å². The second kappa shape index (κ2) is 8.41. The quantitative estimate of drug-likeness (QED) is 0.858. The SMILES string of the molecule is CCOc1cc(Cl)ccc1NC(=O)N(C)C1CCC(CO)CC1. The van der Waals surface area contributed by atoms with Crippen LogP contribution in [-0.2, 0) is 0 Å². The third-order valence-corrected chi connectivity index (χ3v) is 4.66. The highest BCUT2D eigenvalue weighted by Crippen LogP contribution is 2.30. The Hall–Kier alpha value is -1.46. The molecule has 0 unspecified atom stereocenters. The van der Waals surface area contributed by atoms with Gasteiger partial charge in [-0.15, -0.1) is 0 Å². The molecule has 1 fully saturated rings. The molecule has 0 atom stereocenters. The monoisotopic (exact) mass is 340 g/mol. The van der Waals surface area contributed by atoms with Crippen LogP contribution >= 0.6 is 11.6 Å². The number of hydrogen-bond acceptors (Lipinski definition) is 3. The molecule has 0 saturated heterocycles. The van der Waals surface area contributed by atoms with Gasteiger partial charge in [0.05, 0.1) is 12.3 Å². The van der Waals surface area contributed by atoms with Gasteiger partial charge in [-0.1, -0.05) is 11.6 Å². The number of halogens is 1. The first-order chi connectivity index (χ1) is 11.0. The molecular weight excluding hydrogens is 316 g/mol. The normalized spacial score (nSPS) is 20.9. The van der Waals surface area contributed by atoms with E-state index in [1.165, 1.54) is 0 Å². The fraction of sp³-hybridized carbons (Fsp3) is 0.588. The summed E-state index contributed by atoms with van der Waals surface area (Å²) < 4.78 is 5.53. The minimum atomic E-state index is -0.152. The Morgan fingerprint density at radius 2 is 2.09 bits per heavy atom. The van der Waals surface area contributed by atoms with Crippen molar-refractivity contribution >= 4 is 23.3 Å². The second-order valence-electron chi connectivity index (χ2n) is 5.97. The number of benzene rings is 1. The third kappa shape index (κ3) is 4.75. The Morgan fingerprint density at radius 1 is 1.39 bits per heavy atom. The van der Waals surface area contributed by atoms with Gasteiger partial charge in [-0.3, -0.25) is 0 Å². The molecular formula is C17H25ClN2O3. The molecule has 1 saturated carbocycles. The van der Waals surface area contributed by atoms with Gasteiger partial charge in [-0.2, -0.15) is 0 Å². The number of hydrogen-bond donors (Lipinski definition) is 2. The number of anilines is 1. The molecule has 23 heavy (non-hydrogen) atoms. The van der Waals surface area contributed by atoms with Crippen LogP contribution in [0, 0.1) is 5.92 Å². The van der Waals surface area contributed by atoms with Gasteiger partial charge in [-0.25, -0.2) is 4.79 Å². The minimum Gasteiger partial charge on any atom is -0.492 e. The lowest BCUT2D eigenvalue weighted by molar-refractivity contribution is 0.139. The van der Waals surface area contributed by atoms with E-state index in [1.54, 1.807) is 23.1 Å². The molecule has 0 aromatic heterocycles. The first-order valence-corrected chi connectivity index (χ1v) is 8.50. The molecule has 0 radical (unpaired) electrons. The van der Waals surface area contributed by atoms with Crippen molar-refractivity contribution in [3.63, 3.8) is 0 Å². The zero-order chi connectivity index (χ0) is 16.8. The maximum Gasteiger partial charge on any atom is 0.321 e. The molecule has 0 bridgehead atoms. The van der Waals surface area contributed by atoms with Crippen molar-refractivity contribution in [2.24, 2.45) is 5.92 Å². The highest BCUT2D eigenvalue weighted by Gasteiger charge is 2.26. The summed E-state index contributed by atoms with van der Waals surface area (Å²) in [5, 5.41) is 12.7. The zero-order valence-corrected chi connectivity index (χ0v) is 14.5. The van der Waals surface area contributed by atoms with Crippen molar-refractivity contribution in [2.75, 3.05) is 25.6 Å². The van der Waals surface area contributed by atoms with Crippen LogP contribution < -0.4 is 10.1 Å². The molecule has 1 aliphatic carbocycles. The van der Waals surface area contributed by atoms with Crippen molar-refractivity contribution in [3.05, 3.63) is 23.2 Å². The van der Waals surface area contributed by atoms with E-state index in [0.717, 1.165) is 25.7 Å². The predicted octanol–water partition coefficient (Wildman–Crippen LogP) is 3.75. The smallest absolute Gasteiger partial charge is 0.321 e. The van der Waals surface area contributed by atoms with Crippen LogP contribution in [0.5, 0.6) is 5.75 Å². The van der Waals surface area contributed by atoms with Gasteiger partial charge in [0, 0.05) is 30.8 Å². The van der Waals surface area contributed by atoms with E-state index in [0.29, 0.717) is 29.0 Å². The number of aliphatic hydroxyl groups excluding tert-OH is 1. The molecule has 2 rings (SSSR count). The first-order valence-electron chi connectivity index (χ1n) is 8.12.